The highest BCUT2D eigenvalue weighted by Crippen LogP contribution is 2.30. The van der Waals surface area contributed by atoms with Gasteiger partial charge in [-0.3, -0.25) is 15.2 Å². The van der Waals surface area contributed by atoms with Crippen LogP contribution >= 0.6 is 22.9 Å². The second kappa shape index (κ2) is 9.54. The van der Waals surface area contributed by atoms with E-state index in [1.54, 1.807) is 29.5 Å². The van der Waals surface area contributed by atoms with Gasteiger partial charge in [-0.05, 0) is 25.0 Å². The molecule has 1 N–H and O–H groups in total. The zero-order valence-corrected chi connectivity index (χ0v) is 17.2. The second-order valence-corrected chi connectivity index (χ2v) is 7.58. The number of thiazole rings is 1. The van der Waals surface area contributed by atoms with Gasteiger partial charge in [-0.2, -0.15) is 0 Å². The van der Waals surface area contributed by atoms with Gasteiger partial charge in [0.25, 0.3) is 5.91 Å². The van der Waals surface area contributed by atoms with E-state index >= 15 is 0 Å². The van der Waals surface area contributed by atoms with Crippen molar-refractivity contribution < 1.29 is 14.3 Å². The van der Waals surface area contributed by atoms with Crippen molar-refractivity contribution in [2.24, 2.45) is 0 Å². The number of hydrazine groups is 1. The summed E-state index contributed by atoms with van der Waals surface area (Å²) in [5, 5.41) is 12.0. The average Bonchev–Trinajstić information content (AvgIpc) is 3.23. The van der Waals surface area contributed by atoms with Gasteiger partial charge in [-0.1, -0.05) is 17.5 Å². The summed E-state index contributed by atoms with van der Waals surface area (Å²) in [4.78, 5) is 30.4. The summed E-state index contributed by atoms with van der Waals surface area (Å²) < 4.78 is 4.95. The van der Waals surface area contributed by atoms with Crippen LogP contribution in [-0.4, -0.2) is 58.8 Å². The minimum atomic E-state index is -0.394. The summed E-state index contributed by atoms with van der Waals surface area (Å²) in [5.41, 5.74) is 3.03. The lowest BCUT2D eigenvalue weighted by Gasteiger charge is -2.30. The fourth-order valence-corrected chi connectivity index (χ4v) is 3.91. The molecule has 1 saturated heterocycles. The number of amides is 2. The number of nitrogens with one attached hydrogen (secondary N) is 1. The Morgan fingerprint density at radius 3 is 2.83 bits per heavy atom. The van der Waals surface area contributed by atoms with Gasteiger partial charge in [-0.25, -0.2) is 9.78 Å². The van der Waals surface area contributed by atoms with E-state index in [0.717, 1.165) is 17.8 Å². The number of nitrogens with zero attached hydrogens (tertiary/aromatic N) is 5. The van der Waals surface area contributed by atoms with E-state index < -0.39 is 6.09 Å². The van der Waals surface area contributed by atoms with Gasteiger partial charge in [0.2, 0.25) is 0 Å². The summed E-state index contributed by atoms with van der Waals surface area (Å²) in [5.74, 6) is 2.57. The summed E-state index contributed by atoms with van der Waals surface area (Å²) in [7, 11) is 1.65. The Morgan fingerprint density at radius 2 is 2.17 bits per heavy atom. The third-order valence-corrected chi connectivity index (χ3v) is 5.58. The molecule has 1 aliphatic rings. The molecule has 0 saturated carbocycles. The van der Waals surface area contributed by atoms with Gasteiger partial charge >= 0.3 is 6.09 Å². The molecule has 0 spiro atoms. The van der Waals surface area contributed by atoms with Crippen molar-refractivity contribution in [1.82, 2.24) is 25.5 Å². The van der Waals surface area contributed by atoms with Crippen molar-refractivity contribution >= 4 is 40.8 Å². The van der Waals surface area contributed by atoms with E-state index in [1.807, 2.05) is 0 Å². The zero-order valence-electron chi connectivity index (χ0n) is 15.7. The van der Waals surface area contributed by atoms with Crippen molar-refractivity contribution in [3.8, 4) is 12.3 Å². The number of hydrogen-bond donors (Lipinski definition) is 1. The van der Waals surface area contributed by atoms with Gasteiger partial charge in [0.1, 0.15) is 5.69 Å². The third-order valence-electron chi connectivity index (χ3n) is 4.37. The van der Waals surface area contributed by atoms with Gasteiger partial charge < -0.3 is 9.64 Å². The Hall–Kier alpha value is -2.90. The first kappa shape index (κ1) is 20.8. The average molecular weight is 435 g/mol. The first-order chi connectivity index (χ1) is 14.0. The smallest absolute Gasteiger partial charge is 0.410 e. The molecule has 0 bridgehead atoms. The van der Waals surface area contributed by atoms with Crippen molar-refractivity contribution in [1.29, 1.82) is 0 Å². The Kier molecular flexibility index (Phi) is 6.85. The molecule has 0 atom stereocenters. The minimum absolute atomic E-state index is 0.0280. The van der Waals surface area contributed by atoms with Crippen molar-refractivity contribution in [3.05, 3.63) is 33.4 Å². The summed E-state index contributed by atoms with van der Waals surface area (Å²) in [6.45, 7) is 1.10. The highest BCUT2D eigenvalue weighted by Gasteiger charge is 2.27. The summed E-state index contributed by atoms with van der Waals surface area (Å²) in [6, 6.07) is 3.23. The summed E-state index contributed by atoms with van der Waals surface area (Å²) in [6.07, 6.45) is 6.21. The number of terminal acetylenes is 1. The Bertz CT molecular complexity index is 905. The number of halogens is 1. The Balaban J connectivity index is 1.54. The maximum atomic E-state index is 12.5. The van der Waals surface area contributed by atoms with Gasteiger partial charge in [0.15, 0.2) is 17.6 Å². The van der Waals surface area contributed by atoms with Crippen LogP contribution in [0.4, 0.5) is 10.6 Å². The first-order valence-electron chi connectivity index (χ1n) is 8.82. The maximum absolute atomic E-state index is 12.5. The highest BCUT2D eigenvalue weighted by atomic mass is 35.5. The fraction of sp³-hybridized carbons (Fsp3) is 0.389. The highest BCUT2D eigenvalue weighted by molar-refractivity contribution is 7.09. The number of carbonyl (C=O) groups is 2. The lowest BCUT2D eigenvalue weighted by molar-refractivity contribution is 0.0946. The van der Waals surface area contributed by atoms with Crippen LogP contribution in [0.25, 0.3) is 0 Å². The fourth-order valence-electron chi connectivity index (χ4n) is 2.84. The van der Waals surface area contributed by atoms with Gasteiger partial charge in [-0.15, -0.1) is 28.0 Å². The van der Waals surface area contributed by atoms with Gasteiger partial charge in [0.05, 0.1) is 5.01 Å². The van der Waals surface area contributed by atoms with Gasteiger partial charge in [0, 0.05) is 31.4 Å². The molecule has 152 valence electrons. The monoisotopic (exact) mass is 434 g/mol. The first-order valence-corrected chi connectivity index (χ1v) is 10.1. The molecule has 0 radical (unpaired) electrons. The van der Waals surface area contributed by atoms with E-state index in [4.69, 9.17) is 22.8 Å². The van der Waals surface area contributed by atoms with Crippen LogP contribution in [0.5, 0.6) is 0 Å². The molecular weight excluding hydrogens is 416 g/mol. The molecule has 11 heteroatoms. The second-order valence-electron chi connectivity index (χ2n) is 6.31. The van der Waals surface area contributed by atoms with E-state index in [0.29, 0.717) is 24.6 Å². The Labute approximate surface area is 177 Å². The molecule has 9 nitrogen and oxygen atoms in total. The molecule has 2 amide bonds. The molecule has 2 aromatic rings. The molecule has 2 aromatic heterocycles. The molecule has 29 heavy (non-hydrogen) atoms. The number of aromatic nitrogens is 3. The van der Waals surface area contributed by atoms with Crippen LogP contribution in [0.2, 0.25) is 5.15 Å². The Morgan fingerprint density at radius 1 is 1.41 bits per heavy atom. The standard InChI is InChI=1S/C18H19ClN6O3S/c1-3-10-28-18(27)25-8-6-12(7-9-25)17-20-13(11-29-17)16(26)23-24(2)15-5-4-14(19)21-22-15/h1,4-5,11-12H,6-10H2,2H3,(H,23,26). The minimum Gasteiger partial charge on any atom is -0.436 e. The largest absolute Gasteiger partial charge is 0.436 e. The predicted molar refractivity (Wildman–Crippen MR) is 109 cm³/mol. The van der Waals surface area contributed by atoms with E-state index in [-0.39, 0.29) is 23.6 Å². The quantitative estimate of drug-likeness (QED) is 0.569. The summed E-state index contributed by atoms with van der Waals surface area (Å²) >= 11 is 7.15. The van der Waals surface area contributed by atoms with Crippen LogP contribution in [0.3, 0.4) is 0 Å². The number of ether oxygens (including phenoxy) is 1. The number of anilines is 1. The molecule has 0 unspecified atom stereocenters. The molecule has 3 heterocycles. The topological polar surface area (TPSA) is 101 Å². The number of likely N-dealkylation sites (tertiary alicyclic amines) is 1. The molecular formula is C18H19ClN6O3S. The number of piperidine rings is 1. The molecule has 1 fully saturated rings. The number of rotatable bonds is 5. The lowest BCUT2D eigenvalue weighted by Crippen LogP contribution is -2.40. The number of carbonyl (C=O) groups excluding carboxylic acids is 2. The van der Waals surface area contributed by atoms with Crippen molar-refractivity contribution in [2.45, 2.75) is 18.8 Å². The third kappa shape index (κ3) is 5.34. The van der Waals surface area contributed by atoms with Crippen molar-refractivity contribution in [2.75, 3.05) is 31.8 Å². The molecule has 3 rings (SSSR count). The SMILES string of the molecule is C#CCOC(=O)N1CCC(c2nc(C(=O)NN(C)c3ccc(Cl)nn3)cs2)CC1. The van der Waals surface area contributed by atoms with E-state index in [1.165, 1.54) is 16.3 Å². The molecule has 0 aromatic carbocycles. The maximum Gasteiger partial charge on any atom is 0.410 e. The van der Waals surface area contributed by atoms with Crippen LogP contribution < -0.4 is 10.4 Å². The van der Waals surface area contributed by atoms with Crippen LogP contribution in [0, 0.1) is 12.3 Å². The normalized spacial score (nSPS) is 14.2. The lowest BCUT2D eigenvalue weighted by atomic mass is 9.98. The van der Waals surface area contributed by atoms with E-state index in [2.05, 4.69) is 26.5 Å². The van der Waals surface area contributed by atoms with Crippen LogP contribution in [0.1, 0.15) is 34.3 Å². The molecule has 1 aliphatic heterocycles. The van der Waals surface area contributed by atoms with E-state index in [9.17, 15) is 9.59 Å². The molecule has 0 aliphatic carbocycles. The van der Waals surface area contributed by atoms with Crippen LogP contribution in [-0.2, 0) is 4.74 Å². The van der Waals surface area contributed by atoms with Crippen LogP contribution in [0.15, 0.2) is 17.5 Å². The zero-order chi connectivity index (χ0) is 20.8. The van der Waals surface area contributed by atoms with Crippen molar-refractivity contribution in [3.63, 3.8) is 0 Å². The predicted octanol–water partition coefficient (Wildman–Crippen LogP) is 2.32. The number of hydrogen-bond acceptors (Lipinski definition) is 8.